The van der Waals surface area contributed by atoms with Crippen LogP contribution in [0.1, 0.15) is 11.1 Å². The lowest BCUT2D eigenvalue weighted by atomic mass is 10.2. The lowest BCUT2D eigenvalue weighted by Gasteiger charge is -2.09. The maximum Gasteiger partial charge on any atom is 0.124 e. The van der Waals surface area contributed by atoms with E-state index in [0.29, 0.717) is 17.5 Å². The Morgan fingerprint density at radius 1 is 1.25 bits per heavy atom. The number of benzene rings is 1. The molecule has 1 aromatic heterocycles. The fourth-order valence-corrected chi connectivity index (χ4v) is 2.39. The van der Waals surface area contributed by atoms with Crippen LogP contribution in [0.25, 0.3) is 0 Å². The Bertz CT molecular complexity index is 454. The van der Waals surface area contributed by atoms with Crippen molar-refractivity contribution in [3.63, 3.8) is 0 Å². The van der Waals surface area contributed by atoms with Crippen LogP contribution in [0.5, 0.6) is 5.75 Å². The first-order valence-electron chi connectivity index (χ1n) is 4.78. The molecule has 84 valence electrons. The zero-order chi connectivity index (χ0) is 11.4. The van der Waals surface area contributed by atoms with Crippen LogP contribution in [-0.4, -0.2) is 0 Å². The van der Waals surface area contributed by atoms with E-state index in [2.05, 4.69) is 5.38 Å². The van der Waals surface area contributed by atoms with Crippen LogP contribution in [0, 0.1) is 0 Å². The van der Waals surface area contributed by atoms with E-state index in [0.717, 1.165) is 11.3 Å². The smallest absolute Gasteiger partial charge is 0.124 e. The minimum atomic E-state index is 0.402. The molecule has 0 unspecified atom stereocenters. The highest BCUT2D eigenvalue weighted by Gasteiger charge is 2.04. The van der Waals surface area contributed by atoms with E-state index in [-0.39, 0.29) is 0 Å². The van der Waals surface area contributed by atoms with Gasteiger partial charge in [0.05, 0.1) is 5.88 Å². The third-order valence-corrected chi connectivity index (χ3v) is 3.40. The van der Waals surface area contributed by atoms with Gasteiger partial charge in [-0.2, -0.15) is 11.3 Å². The molecule has 0 atom stereocenters. The van der Waals surface area contributed by atoms with Crippen molar-refractivity contribution in [1.82, 2.24) is 0 Å². The fourth-order valence-electron chi connectivity index (χ4n) is 1.33. The van der Waals surface area contributed by atoms with Gasteiger partial charge in [0.2, 0.25) is 0 Å². The van der Waals surface area contributed by atoms with Gasteiger partial charge >= 0.3 is 0 Å². The zero-order valence-corrected chi connectivity index (χ0v) is 10.8. The van der Waals surface area contributed by atoms with Crippen molar-refractivity contribution in [2.75, 3.05) is 0 Å². The van der Waals surface area contributed by atoms with Crippen molar-refractivity contribution in [2.24, 2.45) is 0 Å². The highest BCUT2D eigenvalue weighted by molar-refractivity contribution is 7.07. The van der Waals surface area contributed by atoms with Crippen LogP contribution in [-0.2, 0) is 12.5 Å². The van der Waals surface area contributed by atoms with Crippen molar-refractivity contribution in [2.45, 2.75) is 12.5 Å². The number of thiophene rings is 1. The second kappa shape index (κ2) is 5.58. The Balaban J connectivity index is 2.09. The third-order valence-electron chi connectivity index (χ3n) is 2.14. The highest BCUT2D eigenvalue weighted by Crippen LogP contribution is 2.25. The summed E-state index contributed by atoms with van der Waals surface area (Å²) in [5.41, 5.74) is 2.09. The molecular weight excluding hydrogens is 263 g/mol. The van der Waals surface area contributed by atoms with Gasteiger partial charge < -0.3 is 4.74 Å². The van der Waals surface area contributed by atoms with E-state index in [1.54, 1.807) is 17.4 Å². The molecule has 0 radical (unpaired) electrons. The maximum absolute atomic E-state index is 5.88. The lowest BCUT2D eigenvalue weighted by Crippen LogP contribution is -1.96. The Morgan fingerprint density at radius 3 is 2.81 bits per heavy atom. The number of alkyl halides is 1. The Morgan fingerprint density at radius 2 is 2.12 bits per heavy atom. The van der Waals surface area contributed by atoms with Gasteiger partial charge in [-0.1, -0.05) is 11.6 Å². The first-order chi connectivity index (χ1) is 7.79. The van der Waals surface area contributed by atoms with Crippen molar-refractivity contribution in [3.05, 3.63) is 51.2 Å². The Labute approximate surface area is 109 Å². The molecule has 0 aliphatic heterocycles. The summed E-state index contributed by atoms with van der Waals surface area (Å²) in [4.78, 5) is 0. The quantitative estimate of drug-likeness (QED) is 0.732. The molecule has 1 aromatic carbocycles. The van der Waals surface area contributed by atoms with E-state index in [1.807, 2.05) is 23.6 Å². The average molecular weight is 273 g/mol. The van der Waals surface area contributed by atoms with E-state index in [1.165, 1.54) is 5.56 Å². The molecule has 0 N–H and O–H groups in total. The Kier molecular flexibility index (Phi) is 4.10. The molecule has 2 aromatic rings. The molecule has 0 saturated carbocycles. The summed E-state index contributed by atoms with van der Waals surface area (Å²) in [6.45, 7) is 0.565. The molecule has 1 heterocycles. The number of ether oxygens (including phenoxy) is 1. The second-order valence-electron chi connectivity index (χ2n) is 3.31. The molecule has 0 spiro atoms. The van der Waals surface area contributed by atoms with Gasteiger partial charge in [-0.3, -0.25) is 0 Å². The second-order valence-corrected chi connectivity index (χ2v) is 4.79. The van der Waals surface area contributed by atoms with E-state index < -0.39 is 0 Å². The number of rotatable bonds is 4. The molecule has 0 bridgehead atoms. The summed E-state index contributed by atoms with van der Waals surface area (Å²) in [7, 11) is 0. The largest absolute Gasteiger partial charge is 0.489 e. The first-order valence-corrected chi connectivity index (χ1v) is 6.63. The molecule has 1 nitrogen and oxygen atoms in total. The Hall–Kier alpha value is -0.700. The SMILES string of the molecule is ClCc1cc(Cl)ccc1OCc1ccsc1. The highest BCUT2D eigenvalue weighted by atomic mass is 35.5. The molecule has 0 aliphatic carbocycles. The van der Waals surface area contributed by atoms with Crippen LogP contribution >= 0.6 is 34.5 Å². The predicted molar refractivity (Wildman–Crippen MR) is 69.7 cm³/mol. The van der Waals surface area contributed by atoms with Crippen molar-refractivity contribution < 1.29 is 4.74 Å². The molecule has 4 heteroatoms. The number of halogens is 2. The topological polar surface area (TPSA) is 9.23 Å². The normalized spacial score (nSPS) is 10.4. The standard InChI is InChI=1S/C12H10Cl2OS/c13-6-10-5-11(14)1-2-12(10)15-7-9-3-4-16-8-9/h1-5,8H,6-7H2. The molecule has 0 fully saturated rings. The van der Waals surface area contributed by atoms with Crippen molar-refractivity contribution in [1.29, 1.82) is 0 Å². The van der Waals surface area contributed by atoms with Crippen LogP contribution in [0.2, 0.25) is 5.02 Å². The van der Waals surface area contributed by atoms with Crippen LogP contribution in [0.15, 0.2) is 35.0 Å². The molecule has 0 amide bonds. The van der Waals surface area contributed by atoms with E-state index >= 15 is 0 Å². The molecule has 0 saturated heterocycles. The summed E-state index contributed by atoms with van der Waals surface area (Å²) >= 11 is 13.4. The van der Waals surface area contributed by atoms with Gasteiger partial charge in [0.25, 0.3) is 0 Å². The van der Waals surface area contributed by atoms with Gasteiger partial charge in [0, 0.05) is 10.6 Å². The van der Waals surface area contributed by atoms with Gasteiger partial charge in [-0.25, -0.2) is 0 Å². The monoisotopic (exact) mass is 272 g/mol. The molecular formula is C12H10Cl2OS. The summed E-state index contributed by atoms with van der Waals surface area (Å²) in [5, 5.41) is 4.78. The zero-order valence-electron chi connectivity index (χ0n) is 8.45. The number of hydrogen-bond donors (Lipinski definition) is 0. The van der Waals surface area contributed by atoms with Crippen LogP contribution < -0.4 is 4.74 Å². The summed E-state index contributed by atoms with van der Waals surface area (Å²) < 4.78 is 5.69. The summed E-state index contributed by atoms with van der Waals surface area (Å²) in [5.74, 6) is 1.20. The first kappa shape index (κ1) is 11.8. The molecule has 2 rings (SSSR count). The fraction of sp³-hybridized carbons (Fsp3) is 0.167. The van der Waals surface area contributed by atoms with Gasteiger partial charge in [-0.15, -0.1) is 11.6 Å². The maximum atomic E-state index is 5.88. The van der Waals surface area contributed by atoms with Crippen LogP contribution in [0.4, 0.5) is 0 Å². The van der Waals surface area contributed by atoms with E-state index in [4.69, 9.17) is 27.9 Å². The van der Waals surface area contributed by atoms with E-state index in [9.17, 15) is 0 Å². The third kappa shape index (κ3) is 2.91. The average Bonchev–Trinajstić information content (AvgIpc) is 2.80. The van der Waals surface area contributed by atoms with Crippen LogP contribution in [0.3, 0.4) is 0 Å². The summed E-state index contributed by atoms with van der Waals surface area (Å²) in [6, 6.07) is 7.53. The minimum Gasteiger partial charge on any atom is -0.489 e. The van der Waals surface area contributed by atoms with Gasteiger partial charge in [0.1, 0.15) is 12.4 Å². The number of hydrogen-bond acceptors (Lipinski definition) is 2. The molecule has 0 aliphatic rings. The van der Waals surface area contributed by atoms with Crippen molar-refractivity contribution in [3.8, 4) is 5.75 Å². The van der Waals surface area contributed by atoms with Gasteiger partial charge in [-0.05, 0) is 40.6 Å². The lowest BCUT2D eigenvalue weighted by molar-refractivity contribution is 0.304. The van der Waals surface area contributed by atoms with Crippen molar-refractivity contribution >= 4 is 34.5 Å². The summed E-state index contributed by atoms with van der Waals surface area (Å²) in [6.07, 6.45) is 0. The molecule has 16 heavy (non-hydrogen) atoms. The van der Waals surface area contributed by atoms with Gasteiger partial charge in [0.15, 0.2) is 0 Å². The predicted octanol–water partition coefficient (Wildman–Crippen LogP) is 4.72. The minimum absolute atomic E-state index is 0.402.